The lowest BCUT2D eigenvalue weighted by molar-refractivity contribution is 0.00578. The summed E-state index contributed by atoms with van der Waals surface area (Å²) >= 11 is 0. The average molecular weight is 392 g/mol. The first-order valence-corrected chi connectivity index (χ1v) is 13.7. The number of aryl methyl sites for hydroxylation is 1. The Bertz CT molecular complexity index is 846. The quantitative estimate of drug-likeness (QED) is 0.442. The Morgan fingerprint density at radius 1 is 0.750 bits per heavy atom. The van der Waals surface area contributed by atoms with Crippen molar-refractivity contribution in [1.29, 1.82) is 0 Å². The third-order valence-corrected chi connectivity index (χ3v) is 7.99. The molecule has 1 aliphatic heterocycles. The Balaban J connectivity index is 2.29. The molecule has 1 aliphatic rings. The van der Waals surface area contributed by atoms with Crippen LogP contribution in [-0.4, -0.2) is 26.4 Å². The third-order valence-electron chi connectivity index (χ3n) is 5.93. The van der Waals surface area contributed by atoms with Crippen molar-refractivity contribution in [3.8, 4) is 0 Å². The monoisotopic (exact) mass is 392 g/mol. The second-order valence-electron chi connectivity index (χ2n) is 9.86. The van der Waals surface area contributed by atoms with Gasteiger partial charge in [-0.15, -0.1) is 0 Å². The largest absolute Gasteiger partial charge is 0.495 e. The molecule has 0 radical (unpaired) electrons. The summed E-state index contributed by atoms with van der Waals surface area (Å²) in [5, 5.41) is 1.40. The third kappa shape index (κ3) is 4.05. The number of hydrogen-bond acceptors (Lipinski definition) is 2. The molecule has 1 saturated heterocycles. The van der Waals surface area contributed by atoms with Crippen LogP contribution in [0, 0.1) is 6.92 Å². The minimum absolute atomic E-state index is 0.366. The van der Waals surface area contributed by atoms with Crippen LogP contribution in [0.2, 0.25) is 19.6 Å². The molecule has 0 saturated carbocycles. The summed E-state index contributed by atoms with van der Waals surface area (Å²) in [6.45, 7) is 17.8. The fourth-order valence-electron chi connectivity index (χ4n) is 3.69. The van der Waals surface area contributed by atoms with Gasteiger partial charge in [0.1, 0.15) is 0 Å². The van der Waals surface area contributed by atoms with Crippen LogP contribution in [0.15, 0.2) is 54.6 Å². The zero-order chi connectivity index (χ0) is 20.7. The van der Waals surface area contributed by atoms with E-state index < -0.39 is 8.07 Å². The maximum atomic E-state index is 6.55. The van der Waals surface area contributed by atoms with Crippen molar-refractivity contribution < 1.29 is 9.31 Å². The van der Waals surface area contributed by atoms with Crippen molar-refractivity contribution in [2.45, 2.75) is 65.5 Å². The van der Waals surface area contributed by atoms with Crippen molar-refractivity contribution in [2.75, 3.05) is 0 Å². The number of benzene rings is 2. The molecule has 2 aromatic rings. The summed E-state index contributed by atoms with van der Waals surface area (Å²) < 4.78 is 13.1. The highest BCUT2D eigenvalue weighted by Crippen LogP contribution is 2.44. The van der Waals surface area contributed by atoms with Gasteiger partial charge in [0, 0.05) is 0 Å². The van der Waals surface area contributed by atoms with E-state index in [2.05, 4.69) is 109 Å². The predicted molar refractivity (Wildman–Crippen MR) is 124 cm³/mol. The zero-order valence-electron chi connectivity index (χ0n) is 18.6. The van der Waals surface area contributed by atoms with Crippen LogP contribution in [0.1, 0.15) is 44.4 Å². The first kappa shape index (κ1) is 21.1. The van der Waals surface area contributed by atoms with E-state index in [0.29, 0.717) is 0 Å². The Hall–Kier alpha value is -1.62. The summed E-state index contributed by atoms with van der Waals surface area (Å²) in [6.07, 6.45) is 0. The normalized spacial score (nSPS) is 19.5. The molecule has 3 rings (SSSR count). The molecule has 0 unspecified atom stereocenters. The molecule has 0 aliphatic carbocycles. The van der Waals surface area contributed by atoms with Gasteiger partial charge in [0.25, 0.3) is 0 Å². The van der Waals surface area contributed by atoms with Gasteiger partial charge in [0.05, 0.1) is 19.3 Å². The molecule has 28 heavy (non-hydrogen) atoms. The van der Waals surface area contributed by atoms with Gasteiger partial charge in [0.2, 0.25) is 0 Å². The molecular formula is C24H33BO2Si. The average Bonchev–Trinajstić information content (AvgIpc) is 2.80. The van der Waals surface area contributed by atoms with Crippen LogP contribution in [0.3, 0.4) is 0 Å². The van der Waals surface area contributed by atoms with Gasteiger partial charge >= 0.3 is 7.12 Å². The lowest BCUT2D eigenvalue weighted by Crippen LogP contribution is -2.41. The molecule has 0 N–H and O–H groups in total. The highest BCUT2D eigenvalue weighted by atomic mass is 28.3. The SMILES string of the molecule is Cc1ccc(/C(B2OC(C)(C)C(C)(C)O2)=C(/c2ccccc2)[Si](C)(C)C)cc1. The van der Waals surface area contributed by atoms with Gasteiger partial charge in [0.15, 0.2) is 0 Å². The van der Waals surface area contributed by atoms with Gasteiger partial charge in [-0.25, -0.2) is 0 Å². The summed E-state index contributed by atoms with van der Waals surface area (Å²) in [4.78, 5) is 0. The summed E-state index contributed by atoms with van der Waals surface area (Å²) in [5.74, 6) is 0. The zero-order valence-corrected chi connectivity index (χ0v) is 19.6. The molecule has 0 aromatic heterocycles. The van der Waals surface area contributed by atoms with Crippen LogP contribution >= 0.6 is 0 Å². The fourth-order valence-corrected chi connectivity index (χ4v) is 5.79. The maximum absolute atomic E-state index is 6.55. The van der Waals surface area contributed by atoms with E-state index >= 15 is 0 Å². The molecule has 148 valence electrons. The highest BCUT2D eigenvalue weighted by Gasteiger charge is 2.53. The van der Waals surface area contributed by atoms with E-state index in [1.165, 1.54) is 27.4 Å². The topological polar surface area (TPSA) is 18.5 Å². The van der Waals surface area contributed by atoms with Gasteiger partial charge in [-0.05, 0) is 51.2 Å². The standard InChI is InChI=1S/C24H33BO2Si/c1-18-14-16-19(17-15-18)21(25-26-23(2,3)24(4,5)27-25)22(28(6,7)8)20-12-10-9-11-13-20/h9-17H,1-8H3/b22-21+. The lowest BCUT2D eigenvalue weighted by Gasteiger charge is -2.32. The van der Waals surface area contributed by atoms with Gasteiger partial charge in [-0.3, -0.25) is 0 Å². The minimum atomic E-state index is -1.73. The number of hydrogen-bond donors (Lipinski definition) is 0. The summed E-state index contributed by atoms with van der Waals surface area (Å²) in [6, 6.07) is 19.5. The van der Waals surface area contributed by atoms with Crippen LogP contribution < -0.4 is 0 Å². The van der Waals surface area contributed by atoms with Gasteiger partial charge < -0.3 is 9.31 Å². The maximum Gasteiger partial charge on any atom is 0.495 e. The van der Waals surface area contributed by atoms with E-state index in [0.717, 1.165) is 0 Å². The smallest absolute Gasteiger partial charge is 0.399 e. The lowest BCUT2D eigenvalue weighted by atomic mass is 9.72. The van der Waals surface area contributed by atoms with Crippen molar-refractivity contribution in [1.82, 2.24) is 0 Å². The van der Waals surface area contributed by atoms with E-state index in [1.54, 1.807) is 0 Å². The molecule has 1 heterocycles. The van der Waals surface area contributed by atoms with Crippen LogP contribution in [0.25, 0.3) is 10.7 Å². The second-order valence-corrected chi connectivity index (χ2v) is 14.9. The Morgan fingerprint density at radius 2 is 1.25 bits per heavy atom. The Kier molecular flexibility index (Phi) is 5.52. The molecule has 0 spiro atoms. The van der Waals surface area contributed by atoms with Crippen molar-refractivity contribution in [3.05, 3.63) is 71.3 Å². The molecule has 4 heteroatoms. The molecule has 2 nitrogen and oxygen atoms in total. The van der Waals surface area contributed by atoms with Crippen molar-refractivity contribution in [2.24, 2.45) is 0 Å². The molecular weight excluding hydrogens is 359 g/mol. The van der Waals surface area contributed by atoms with E-state index in [4.69, 9.17) is 9.31 Å². The highest BCUT2D eigenvalue weighted by molar-refractivity contribution is 6.98. The molecule has 2 aromatic carbocycles. The van der Waals surface area contributed by atoms with Crippen LogP contribution in [0.5, 0.6) is 0 Å². The van der Waals surface area contributed by atoms with Crippen molar-refractivity contribution >= 4 is 25.9 Å². The van der Waals surface area contributed by atoms with E-state index in [-0.39, 0.29) is 18.3 Å². The first-order chi connectivity index (χ1) is 12.9. The predicted octanol–water partition coefficient (Wildman–Crippen LogP) is 6.41. The Morgan fingerprint density at radius 3 is 1.71 bits per heavy atom. The van der Waals surface area contributed by atoms with Crippen molar-refractivity contribution in [3.63, 3.8) is 0 Å². The van der Waals surface area contributed by atoms with Gasteiger partial charge in [-0.2, -0.15) is 0 Å². The molecule has 0 bridgehead atoms. The second kappa shape index (κ2) is 7.33. The number of rotatable bonds is 4. The van der Waals surface area contributed by atoms with E-state index in [1.807, 2.05) is 0 Å². The van der Waals surface area contributed by atoms with Crippen LogP contribution in [-0.2, 0) is 9.31 Å². The summed E-state index contributed by atoms with van der Waals surface area (Å²) in [7, 11) is -2.11. The van der Waals surface area contributed by atoms with E-state index in [9.17, 15) is 0 Å². The first-order valence-electron chi connectivity index (χ1n) is 10.2. The van der Waals surface area contributed by atoms with Crippen LogP contribution in [0.4, 0.5) is 0 Å². The Labute approximate surface area is 172 Å². The fraction of sp³-hybridized carbons (Fsp3) is 0.417. The minimum Gasteiger partial charge on any atom is -0.399 e. The van der Waals surface area contributed by atoms with Gasteiger partial charge in [-0.1, -0.05) is 85.0 Å². The molecule has 0 atom stereocenters. The summed E-state index contributed by atoms with van der Waals surface area (Å²) in [5.41, 5.74) is 4.16. The molecule has 0 amide bonds. The molecule has 1 fully saturated rings.